The van der Waals surface area contributed by atoms with Gasteiger partial charge < -0.3 is 8.98 Å². The van der Waals surface area contributed by atoms with Crippen molar-refractivity contribution in [3.8, 4) is 0 Å². The predicted octanol–water partition coefficient (Wildman–Crippen LogP) is 1.74. The minimum absolute atomic E-state index is 1.62. The van der Waals surface area contributed by atoms with Gasteiger partial charge >= 0.3 is 0 Å². The summed E-state index contributed by atoms with van der Waals surface area (Å²) < 4.78 is 6.80. The van der Waals surface area contributed by atoms with Crippen LogP contribution in [0, 0.1) is 0 Å². The molecule has 0 aromatic carbocycles. The Kier molecular flexibility index (Phi) is 1.96. The Morgan fingerprint density at radius 2 is 2.00 bits per heavy atom. The molecule has 0 radical (unpaired) electrons. The van der Waals surface area contributed by atoms with Crippen LogP contribution in [0.1, 0.15) is 0 Å². The number of aryl methyl sites for hydroxylation is 1. The monoisotopic (exact) mass is 123 g/mol. The Morgan fingerprint density at radius 3 is 2.89 bits per heavy atom. The SMILES string of the molecule is Cn1ccccocc1. The number of hydrogen-bond acceptors (Lipinski definition) is 1. The normalized spacial score (nSPS) is 8.56. The van der Waals surface area contributed by atoms with Crippen LogP contribution in [0.2, 0.25) is 0 Å². The number of nitrogens with zero attached hydrogens (tertiary/aromatic N) is 1. The lowest BCUT2D eigenvalue weighted by molar-refractivity contribution is 0.547. The smallest absolute Gasteiger partial charge is 0.106 e. The molecule has 0 saturated heterocycles. The number of hydrogen-bond donors (Lipinski definition) is 0. The first-order valence-electron chi connectivity index (χ1n) is 2.77. The molecule has 0 amide bonds. The van der Waals surface area contributed by atoms with Gasteiger partial charge in [-0.25, -0.2) is 0 Å². The largest absolute Gasteiger partial charge is 0.471 e. The summed E-state index contributed by atoms with van der Waals surface area (Å²) in [4.78, 5) is 0. The van der Waals surface area contributed by atoms with Gasteiger partial charge in [-0.05, 0) is 12.1 Å². The molecule has 0 aliphatic heterocycles. The summed E-state index contributed by atoms with van der Waals surface area (Å²) in [5, 5.41) is 0. The topological polar surface area (TPSA) is 18.1 Å². The van der Waals surface area contributed by atoms with Crippen LogP contribution in [0.5, 0.6) is 0 Å². The molecule has 0 aliphatic carbocycles. The molecule has 2 heteroatoms. The van der Waals surface area contributed by atoms with Crippen LogP contribution >= 0.6 is 0 Å². The van der Waals surface area contributed by atoms with Gasteiger partial charge in [-0.1, -0.05) is 0 Å². The quantitative estimate of drug-likeness (QED) is 0.514. The third kappa shape index (κ3) is 2.04. The maximum absolute atomic E-state index is 4.89. The van der Waals surface area contributed by atoms with E-state index in [0.717, 1.165) is 0 Å². The second kappa shape index (κ2) is 2.97. The van der Waals surface area contributed by atoms with Crippen molar-refractivity contribution in [3.05, 3.63) is 37.1 Å². The van der Waals surface area contributed by atoms with Gasteiger partial charge in [-0.3, -0.25) is 0 Å². The lowest BCUT2D eigenvalue weighted by atomic mass is 10.6. The first-order valence-corrected chi connectivity index (χ1v) is 2.77. The highest BCUT2D eigenvalue weighted by molar-refractivity contribution is 4.81. The van der Waals surface area contributed by atoms with E-state index in [1.165, 1.54) is 0 Å². The third-order valence-electron chi connectivity index (χ3n) is 0.964. The van der Waals surface area contributed by atoms with Gasteiger partial charge in [0.2, 0.25) is 0 Å². The van der Waals surface area contributed by atoms with Crippen LogP contribution in [-0.2, 0) is 7.05 Å². The summed E-state index contributed by atoms with van der Waals surface area (Å²) in [6.07, 6.45) is 7.02. The second-order valence-electron chi connectivity index (χ2n) is 1.76. The Balaban J connectivity index is 3.08. The van der Waals surface area contributed by atoms with Crippen LogP contribution < -0.4 is 0 Å². The van der Waals surface area contributed by atoms with Crippen LogP contribution in [0.4, 0.5) is 0 Å². The molecule has 0 aliphatic rings. The zero-order valence-electron chi connectivity index (χ0n) is 5.32. The van der Waals surface area contributed by atoms with E-state index in [4.69, 9.17) is 4.42 Å². The molecule has 1 aromatic rings. The highest BCUT2D eigenvalue weighted by Crippen LogP contribution is 1.80. The van der Waals surface area contributed by atoms with Crippen LogP contribution in [0.3, 0.4) is 0 Å². The molecule has 1 aromatic heterocycles. The highest BCUT2D eigenvalue weighted by Gasteiger charge is 1.66. The van der Waals surface area contributed by atoms with E-state index >= 15 is 0 Å². The average Bonchev–Trinajstić information content (AvgIpc) is 1.79. The van der Waals surface area contributed by atoms with Crippen molar-refractivity contribution in [2.24, 2.45) is 7.05 Å². The molecule has 0 unspecified atom stereocenters. The van der Waals surface area contributed by atoms with Crippen LogP contribution in [-0.4, -0.2) is 4.57 Å². The molecule has 0 spiro atoms. The van der Waals surface area contributed by atoms with Crippen molar-refractivity contribution in [1.29, 1.82) is 0 Å². The molecule has 1 rings (SSSR count). The van der Waals surface area contributed by atoms with Crippen molar-refractivity contribution in [2.45, 2.75) is 0 Å². The fraction of sp³-hybridized carbons (Fsp3) is 0.143. The van der Waals surface area contributed by atoms with Crippen molar-refractivity contribution in [1.82, 2.24) is 4.57 Å². The summed E-state index contributed by atoms with van der Waals surface area (Å²) in [5.41, 5.74) is 0. The van der Waals surface area contributed by atoms with E-state index < -0.39 is 0 Å². The fourth-order valence-electron chi connectivity index (χ4n) is 0.502. The van der Waals surface area contributed by atoms with Gasteiger partial charge in [0.1, 0.15) is 6.26 Å². The van der Waals surface area contributed by atoms with E-state index in [9.17, 15) is 0 Å². The standard InChI is InChI=1S/C7H9NO/c1-8-4-2-3-6-9-7-5-8/h2-7H,1H3. The van der Waals surface area contributed by atoms with E-state index in [1.54, 1.807) is 12.5 Å². The molecule has 0 N–H and O–H groups in total. The second-order valence-corrected chi connectivity index (χ2v) is 1.76. The average molecular weight is 123 g/mol. The maximum atomic E-state index is 4.89. The molecule has 0 fully saturated rings. The molecule has 1 heterocycles. The Morgan fingerprint density at radius 1 is 1.11 bits per heavy atom. The lowest BCUT2D eigenvalue weighted by Gasteiger charge is -1.88. The highest BCUT2D eigenvalue weighted by atomic mass is 16.3. The Hall–Kier alpha value is -1.18. The van der Waals surface area contributed by atoms with Gasteiger partial charge in [-0.15, -0.1) is 0 Å². The van der Waals surface area contributed by atoms with Crippen molar-refractivity contribution in [2.75, 3.05) is 0 Å². The Labute approximate surface area is 54.1 Å². The van der Waals surface area contributed by atoms with Crippen molar-refractivity contribution < 1.29 is 4.42 Å². The summed E-state index contributed by atoms with van der Waals surface area (Å²) in [5.74, 6) is 0. The van der Waals surface area contributed by atoms with Crippen molar-refractivity contribution in [3.63, 3.8) is 0 Å². The fourth-order valence-corrected chi connectivity index (χ4v) is 0.502. The summed E-state index contributed by atoms with van der Waals surface area (Å²) in [6, 6.07) is 3.74. The van der Waals surface area contributed by atoms with Gasteiger partial charge in [0.05, 0.1) is 6.26 Å². The first kappa shape index (κ1) is 5.95. The van der Waals surface area contributed by atoms with E-state index in [2.05, 4.69) is 0 Å². The minimum atomic E-state index is 1.62. The molecule has 2 nitrogen and oxygen atoms in total. The van der Waals surface area contributed by atoms with E-state index in [0.29, 0.717) is 0 Å². The first-order chi connectivity index (χ1) is 4.39. The zero-order valence-corrected chi connectivity index (χ0v) is 5.32. The molecule has 48 valence electrons. The predicted molar refractivity (Wildman–Crippen MR) is 35.3 cm³/mol. The molecule has 0 saturated carbocycles. The van der Waals surface area contributed by atoms with E-state index in [1.807, 2.05) is 36.1 Å². The number of rotatable bonds is 0. The minimum Gasteiger partial charge on any atom is -0.471 e. The van der Waals surface area contributed by atoms with Gasteiger partial charge in [0.25, 0.3) is 0 Å². The van der Waals surface area contributed by atoms with Gasteiger partial charge in [-0.2, -0.15) is 0 Å². The zero-order chi connectivity index (χ0) is 6.53. The molecule has 9 heavy (non-hydrogen) atoms. The van der Waals surface area contributed by atoms with Gasteiger partial charge in [0, 0.05) is 19.4 Å². The summed E-state index contributed by atoms with van der Waals surface area (Å²) >= 11 is 0. The summed E-state index contributed by atoms with van der Waals surface area (Å²) in [6.45, 7) is 0. The molecule has 0 atom stereocenters. The van der Waals surface area contributed by atoms with E-state index in [-0.39, 0.29) is 0 Å². The Bertz CT molecular complexity index is 191. The molecular formula is C7H9NO. The molecule has 0 bridgehead atoms. The molecular weight excluding hydrogens is 114 g/mol. The summed E-state index contributed by atoms with van der Waals surface area (Å²) in [7, 11) is 1.94. The van der Waals surface area contributed by atoms with Crippen molar-refractivity contribution >= 4 is 0 Å². The lowest BCUT2D eigenvalue weighted by Crippen LogP contribution is -1.81. The van der Waals surface area contributed by atoms with Crippen LogP contribution in [0.25, 0.3) is 0 Å². The van der Waals surface area contributed by atoms with Crippen LogP contribution in [0.15, 0.2) is 41.5 Å². The number of aromatic nitrogens is 1. The maximum Gasteiger partial charge on any atom is 0.106 e. The third-order valence-corrected chi connectivity index (χ3v) is 0.964. The van der Waals surface area contributed by atoms with Gasteiger partial charge in [0.15, 0.2) is 0 Å².